The number of thiophene rings is 1. The summed E-state index contributed by atoms with van der Waals surface area (Å²) in [6.07, 6.45) is 5.04. The first-order valence-corrected chi connectivity index (χ1v) is 8.97. The molecule has 0 aromatic carbocycles. The van der Waals surface area contributed by atoms with Crippen molar-refractivity contribution in [3.05, 3.63) is 16.2 Å². The molecule has 1 aliphatic heterocycles. The van der Waals surface area contributed by atoms with E-state index >= 15 is 0 Å². The van der Waals surface area contributed by atoms with Crippen LogP contribution in [0.25, 0.3) is 15.8 Å². The van der Waals surface area contributed by atoms with Gasteiger partial charge in [-0.05, 0) is 38.6 Å². The van der Waals surface area contributed by atoms with Gasteiger partial charge in [-0.2, -0.15) is 0 Å². The zero-order valence-corrected chi connectivity index (χ0v) is 14.9. The second-order valence-electron chi connectivity index (χ2n) is 7.69. The lowest BCUT2D eigenvalue weighted by atomic mass is 9.66. The van der Waals surface area contributed by atoms with Crippen LogP contribution >= 0.6 is 11.3 Å². The van der Waals surface area contributed by atoms with Crippen LogP contribution in [0.2, 0.25) is 0 Å². The fraction of sp³-hybridized carbons (Fsp3) is 0.588. The van der Waals surface area contributed by atoms with Crippen molar-refractivity contribution in [2.45, 2.75) is 45.7 Å². The summed E-state index contributed by atoms with van der Waals surface area (Å²) in [5.74, 6) is 0.977. The fourth-order valence-corrected chi connectivity index (χ4v) is 5.29. The Balaban J connectivity index is 2.14. The van der Waals surface area contributed by atoms with E-state index in [1.54, 1.807) is 17.7 Å². The van der Waals surface area contributed by atoms with Gasteiger partial charge in [0.1, 0.15) is 22.5 Å². The molecule has 0 saturated heterocycles. The molecule has 6 heteroatoms. The second kappa shape index (κ2) is 4.74. The first-order chi connectivity index (χ1) is 10.8. The molecule has 2 unspecified atom stereocenters. The van der Waals surface area contributed by atoms with Crippen molar-refractivity contribution in [1.82, 2.24) is 15.3 Å². The SMILES string of the molecule is CNC1(C)N=c2sc3c(N)ncnc3c2=C2CC(C)(C)CCC21. The molecule has 5 nitrogen and oxygen atoms in total. The smallest absolute Gasteiger partial charge is 0.144 e. The van der Waals surface area contributed by atoms with Gasteiger partial charge in [0.2, 0.25) is 0 Å². The summed E-state index contributed by atoms with van der Waals surface area (Å²) in [6, 6.07) is 0. The normalized spacial score (nSPS) is 29.0. The van der Waals surface area contributed by atoms with E-state index in [2.05, 4.69) is 36.1 Å². The van der Waals surface area contributed by atoms with Crippen LogP contribution in [-0.2, 0) is 0 Å². The summed E-state index contributed by atoms with van der Waals surface area (Å²) in [5.41, 5.74) is 8.63. The van der Waals surface area contributed by atoms with Gasteiger partial charge in [-0.1, -0.05) is 19.4 Å². The fourth-order valence-electron chi connectivity index (χ4n) is 4.12. The Morgan fingerprint density at radius 1 is 1.30 bits per heavy atom. The van der Waals surface area contributed by atoms with Crippen LogP contribution in [0, 0.1) is 11.3 Å². The molecule has 0 radical (unpaired) electrons. The standard InChI is InChI=1S/C17H23N5S/c1-16(2)6-5-10-9(7-16)11-12-13(14(18)21-8-20-12)23-15(11)22-17(10,3)19-4/h8,10,19H,5-7H2,1-4H3,(H2,18,20,21). The van der Waals surface area contributed by atoms with Crippen molar-refractivity contribution >= 4 is 32.9 Å². The molecule has 2 aromatic rings. The molecule has 2 aliphatic rings. The third-order valence-corrected chi connectivity index (χ3v) is 6.62. The Hall–Kier alpha value is -1.53. The first kappa shape index (κ1) is 15.0. The van der Waals surface area contributed by atoms with Gasteiger partial charge in [0.25, 0.3) is 0 Å². The minimum atomic E-state index is -0.248. The Labute approximate surface area is 139 Å². The van der Waals surface area contributed by atoms with E-state index in [0.29, 0.717) is 17.2 Å². The van der Waals surface area contributed by atoms with Gasteiger partial charge < -0.3 is 5.73 Å². The molecule has 1 saturated carbocycles. The number of aromatic nitrogens is 2. The maximum atomic E-state index is 6.08. The summed E-state index contributed by atoms with van der Waals surface area (Å²) < 4.78 is 2.02. The van der Waals surface area contributed by atoms with Crippen LogP contribution in [0.1, 0.15) is 40.0 Å². The number of anilines is 1. The summed E-state index contributed by atoms with van der Waals surface area (Å²) >= 11 is 1.62. The number of nitrogens with two attached hydrogens (primary N) is 1. The van der Waals surface area contributed by atoms with Crippen molar-refractivity contribution in [2.24, 2.45) is 16.3 Å². The highest BCUT2D eigenvalue weighted by molar-refractivity contribution is 7.17. The van der Waals surface area contributed by atoms with Crippen LogP contribution in [-0.4, -0.2) is 22.7 Å². The Morgan fingerprint density at radius 3 is 2.83 bits per heavy atom. The number of fused-ring (bicyclic) bond motifs is 4. The second-order valence-corrected chi connectivity index (χ2v) is 8.68. The first-order valence-electron chi connectivity index (χ1n) is 8.15. The lowest BCUT2D eigenvalue weighted by Crippen LogP contribution is -2.54. The number of nitrogens with one attached hydrogen (secondary N) is 1. The molecular formula is C17H23N5S. The lowest BCUT2D eigenvalue weighted by Gasteiger charge is -2.45. The van der Waals surface area contributed by atoms with Crippen molar-refractivity contribution < 1.29 is 0 Å². The van der Waals surface area contributed by atoms with Gasteiger partial charge in [0, 0.05) is 11.1 Å². The van der Waals surface area contributed by atoms with Crippen molar-refractivity contribution in [3.63, 3.8) is 0 Å². The number of hydrogen-bond acceptors (Lipinski definition) is 6. The average molecular weight is 329 g/mol. The van der Waals surface area contributed by atoms with Crippen LogP contribution < -0.4 is 20.9 Å². The van der Waals surface area contributed by atoms with Crippen LogP contribution in [0.15, 0.2) is 11.3 Å². The third kappa shape index (κ3) is 2.11. The van der Waals surface area contributed by atoms with E-state index in [4.69, 9.17) is 10.7 Å². The molecule has 23 heavy (non-hydrogen) atoms. The highest BCUT2D eigenvalue weighted by atomic mass is 32.1. The minimum Gasteiger partial charge on any atom is -0.382 e. The zero-order valence-electron chi connectivity index (χ0n) is 14.1. The molecule has 0 bridgehead atoms. The number of nitrogens with zero attached hydrogens (tertiary/aromatic N) is 3. The van der Waals surface area contributed by atoms with E-state index in [0.717, 1.165) is 27.7 Å². The van der Waals surface area contributed by atoms with Crippen LogP contribution in [0.5, 0.6) is 0 Å². The molecule has 2 atom stereocenters. The van der Waals surface area contributed by atoms with Gasteiger partial charge in [0.15, 0.2) is 0 Å². The predicted molar refractivity (Wildman–Crippen MR) is 94.6 cm³/mol. The number of rotatable bonds is 1. The van der Waals surface area contributed by atoms with Gasteiger partial charge in [-0.3, -0.25) is 10.3 Å². The van der Waals surface area contributed by atoms with E-state index in [-0.39, 0.29) is 5.66 Å². The summed E-state index contributed by atoms with van der Waals surface area (Å²) in [7, 11) is 2.01. The molecule has 0 spiro atoms. The molecule has 1 aliphatic carbocycles. The van der Waals surface area contributed by atoms with Gasteiger partial charge in [-0.15, -0.1) is 11.3 Å². The van der Waals surface area contributed by atoms with E-state index in [9.17, 15) is 0 Å². The van der Waals surface area contributed by atoms with Gasteiger partial charge in [0.05, 0.1) is 10.2 Å². The summed E-state index contributed by atoms with van der Waals surface area (Å²) in [4.78, 5) is 13.8. The van der Waals surface area contributed by atoms with Crippen LogP contribution in [0.4, 0.5) is 5.82 Å². The molecule has 122 valence electrons. The van der Waals surface area contributed by atoms with E-state index in [1.807, 2.05) is 7.05 Å². The van der Waals surface area contributed by atoms with Crippen molar-refractivity contribution in [1.29, 1.82) is 0 Å². The quantitative estimate of drug-likeness (QED) is 0.837. The topological polar surface area (TPSA) is 76.2 Å². The Bertz CT molecular complexity index is 913. The number of hydrogen-bond donors (Lipinski definition) is 2. The molecule has 2 aromatic heterocycles. The molecule has 0 amide bonds. The minimum absolute atomic E-state index is 0.248. The lowest BCUT2D eigenvalue weighted by molar-refractivity contribution is 0.199. The molecular weight excluding hydrogens is 306 g/mol. The maximum Gasteiger partial charge on any atom is 0.144 e. The van der Waals surface area contributed by atoms with Gasteiger partial charge in [-0.25, -0.2) is 9.97 Å². The highest BCUT2D eigenvalue weighted by Crippen LogP contribution is 2.47. The third-order valence-electron chi connectivity index (χ3n) is 5.52. The Morgan fingerprint density at radius 2 is 2.09 bits per heavy atom. The highest BCUT2D eigenvalue weighted by Gasteiger charge is 2.43. The monoisotopic (exact) mass is 329 g/mol. The molecule has 1 fully saturated rings. The van der Waals surface area contributed by atoms with E-state index < -0.39 is 0 Å². The Kier molecular flexibility index (Phi) is 3.09. The summed E-state index contributed by atoms with van der Waals surface area (Å²) in [6.45, 7) is 6.92. The molecule has 4 rings (SSSR count). The molecule has 3 heterocycles. The largest absolute Gasteiger partial charge is 0.382 e. The van der Waals surface area contributed by atoms with E-state index in [1.165, 1.54) is 17.2 Å². The van der Waals surface area contributed by atoms with Crippen molar-refractivity contribution in [3.8, 4) is 0 Å². The maximum absolute atomic E-state index is 6.08. The molecule has 3 N–H and O–H groups in total. The van der Waals surface area contributed by atoms with Gasteiger partial charge >= 0.3 is 0 Å². The number of nitrogen functional groups attached to an aromatic ring is 1. The summed E-state index contributed by atoms with van der Waals surface area (Å²) in [5, 5.41) is 4.69. The predicted octanol–water partition coefficient (Wildman–Crippen LogP) is 1.82. The van der Waals surface area contributed by atoms with Crippen LogP contribution in [0.3, 0.4) is 0 Å². The average Bonchev–Trinajstić information content (AvgIpc) is 2.85. The van der Waals surface area contributed by atoms with Crippen molar-refractivity contribution in [2.75, 3.05) is 12.8 Å². The zero-order chi connectivity index (χ0) is 16.4.